The molecule has 2 N–H and O–H groups in total. The van der Waals surface area contributed by atoms with E-state index in [0.717, 1.165) is 10.5 Å². The first kappa shape index (κ1) is 16.6. The third kappa shape index (κ3) is 3.97. The molecule has 0 fully saturated rings. The minimum absolute atomic E-state index is 0.0257. The highest BCUT2D eigenvalue weighted by atomic mass is 32.2. The summed E-state index contributed by atoms with van der Waals surface area (Å²) in [5, 5.41) is 11.8. The van der Waals surface area contributed by atoms with Crippen LogP contribution < -0.4 is 5.32 Å². The Kier molecular flexibility index (Phi) is 5.20. The molecule has 3 rings (SSSR count). The Bertz CT molecular complexity index is 707. The Hall–Kier alpha value is -2.27. The summed E-state index contributed by atoms with van der Waals surface area (Å²) < 4.78 is 0. The number of carboxylic acids is 1. The lowest BCUT2D eigenvalue weighted by Crippen LogP contribution is -2.35. The second kappa shape index (κ2) is 7.53. The van der Waals surface area contributed by atoms with E-state index in [-0.39, 0.29) is 23.6 Å². The van der Waals surface area contributed by atoms with Crippen molar-refractivity contribution in [2.75, 3.05) is 0 Å². The molecule has 2 aromatic carbocycles. The maximum atomic E-state index is 12.7. The molecule has 0 spiro atoms. The van der Waals surface area contributed by atoms with Gasteiger partial charge in [0.15, 0.2) is 0 Å². The summed E-state index contributed by atoms with van der Waals surface area (Å²) >= 11 is 1.58. The van der Waals surface area contributed by atoms with Crippen molar-refractivity contribution in [1.29, 1.82) is 0 Å². The normalized spacial score (nSPS) is 17.1. The molecule has 1 aliphatic rings. The lowest BCUT2D eigenvalue weighted by molar-refractivity contribution is -0.137. The molecule has 2 unspecified atom stereocenters. The van der Waals surface area contributed by atoms with Gasteiger partial charge in [0.05, 0.1) is 11.3 Å². The molecule has 0 saturated carbocycles. The zero-order valence-corrected chi connectivity index (χ0v) is 14.0. The minimum Gasteiger partial charge on any atom is -0.481 e. The predicted molar refractivity (Wildman–Crippen MR) is 94.0 cm³/mol. The lowest BCUT2D eigenvalue weighted by atomic mass is 10.0. The summed E-state index contributed by atoms with van der Waals surface area (Å²) in [6.07, 6.45) is 1.13. The van der Waals surface area contributed by atoms with Gasteiger partial charge in [0, 0.05) is 11.3 Å². The summed E-state index contributed by atoms with van der Waals surface area (Å²) in [5.41, 5.74) is 2.14. The molecule has 1 aliphatic heterocycles. The highest BCUT2D eigenvalue weighted by molar-refractivity contribution is 8.01. The highest BCUT2D eigenvalue weighted by Gasteiger charge is 2.29. The van der Waals surface area contributed by atoms with E-state index in [4.69, 9.17) is 5.11 Å². The molecule has 124 valence electrons. The van der Waals surface area contributed by atoms with Gasteiger partial charge in [-0.25, -0.2) is 0 Å². The van der Waals surface area contributed by atoms with Crippen LogP contribution in [-0.4, -0.2) is 22.2 Å². The molecular formula is C19H19NO3S. The Morgan fingerprint density at radius 3 is 2.54 bits per heavy atom. The zero-order chi connectivity index (χ0) is 16.9. The molecule has 4 nitrogen and oxygen atoms in total. The van der Waals surface area contributed by atoms with E-state index in [1.165, 1.54) is 5.56 Å². The van der Waals surface area contributed by atoms with Gasteiger partial charge in [-0.1, -0.05) is 48.5 Å². The van der Waals surface area contributed by atoms with Crippen LogP contribution in [-0.2, 0) is 16.0 Å². The first-order valence-electron chi connectivity index (χ1n) is 7.95. The van der Waals surface area contributed by atoms with Crippen molar-refractivity contribution in [3.63, 3.8) is 0 Å². The van der Waals surface area contributed by atoms with Crippen molar-refractivity contribution in [1.82, 2.24) is 5.32 Å². The largest absolute Gasteiger partial charge is 0.481 e. The molecule has 24 heavy (non-hydrogen) atoms. The van der Waals surface area contributed by atoms with Gasteiger partial charge < -0.3 is 10.4 Å². The van der Waals surface area contributed by atoms with E-state index < -0.39 is 5.97 Å². The Balaban J connectivity index is 1.68. The second-order valence-electron chi connectivity index (χ2n) is 5.82. The third-order valence-electron chi connectivity index (χ3n) is 4.10. The predicted octanol–water partition coefficient (Wildman–Crippen LogP) is 3.43. The second-order valence-corrected chi connectivity index (χ2v) is 7.07. The van der Waals surface area contributed by atoms with Crippen LogP contribution in [0.4, 0.5) is 0 Å². The molecule has 0 aliphatic carbocycles. The van der Waals surface area contributed by atoms with Gasteiger partial charge in [0.2, 0.25) is 5.91 Å². The standard InChI is InChI=1S/C19H19NO3S/c21-18(22)11-10-15(13-6-2-1-3-7-13)20-19(23)17-12-14-8-4-5-9-16(14)24-17/h1-9,15,17H,10-12H2,(H,20,23)(H,21,22). The maximum Gasteiger partial charge on any atom is 0.303 e. The molecule has 1 amide bonds. The fourth-order valence-electron chi connectivity index (χ4n) is 2.87. The van der Waals surface area contributed by atoms with Gasteiger partial charge >= 0.3 is 5.97 Å². The number of amides is 1. The van der Waals surface area contributed by atoms with Crippen LogP contribution in [0.15, 0.2) is 59.5 Å². The summed E-state index contributed by atoms with van der Waals surface area (Å²) in [6, 6.07) is 17.3. The van der Waals surface area contributed by atoms with E-state index in [1.54, 1.807) is 11.8 Å². The average Bonchev–Trinajstić information content (AvgIpc) is 3.03. The topological polar surface area (TPSA) is 66.4 Å². The van der Waals surface area contributed by atoms with Gasteiger partial charge in [-0.3, -0.25) is 9.59 Å². The Labute approximate surface area is 145 Å². The van der Waals surface area contributed by atoms with E-state index in [1.807, 2.05) is 48.5 Å². The van der Waals surface area contributed by atoms with Crippen LogP contribution in [0.3, 0.4) is 0 Å². The van der Waals surface area contributed by atoms with E-state index in [9.17, 15) is 9.59 Å². The van der Waals surface area contributed by atoms with Crippen molar-refractivity contribution >= 4 is 23.6 Å². The van der Waals surface area contributed by atoms with Crippen LogP contribution >= 0.6 is 11.8 Å². The molecule has 0 bridgehead atoms. The molecule has 1 heterocycles. The quantitative estimate of drug-likeness (QED) is 0.845. The average molecular weight is 341 g/mol. The van der Waals surface area contributed by atoms with Gasteiger partial charge in [0.1, 0.15) is 0 Å². The van der Waals surface area contributed by atoms with Crippen molar-refractivity contribution in [3.05, 3.63) is 65.7 Å². The maximum absolute atomic E-state index is 12.7. The van der Waals surface area contributed by atoms with Crippen LogP contribution in [0, 0.1) is 0 Å². The molecule has 2 atom stereocenters. The fraction of sp³-hybridized carbons (Fsp3) is 0.263. The molecular weight excluding hydrogens is 322 g/mol. The Morgan fingerprint density at radius 2 is 1.83 bits per heavy atom. The number of fused-ring (bicyclic) bond motifs is 1. The summed E-state index contributed by atoms with van der Waals surface area (Å²) in [7, 11) is 0. The van der Waals surface area contributed by atoms with Crippen LogP contribution in [0.1, 0.15) is 30.0 Å². The van der Waals surface area contributed by atoms with Gasteiger partial charge in [-0.05, 0) is 30.0 Å². The van der Waals surface area contributed by atoms with Gasteiger partial charge in [0.25, 0.3) is 0 Å². The van der Waals surface area contributed by atoms with Crippen molar-refractivity contribution < 1.29 is 14.7 Å². The molecule has 2 aromatic rings. The molecule has 0 saturated heterocycles. The number of hydrogen-bond donors (Lipinski definition) is 2. The number of carboxylic acid groups (broad SMARTS) is 1. The number of rotatable bonds is 6. The number of benzene rings is 2. The smallest absolute Gasteiger partial charge is 0.303 e. The van der Waals surface area contributed by atoms with E-state index in [2.05, 4.69) is 11.4 Å². The fourth-order valence-corrected chi connectivity index (χ4v) is 4.07. The monoisotopic (exact) mass is 341 g/mol. The summed E-state index contributed by atoms with van der Waals surface area (Å²) in [6.45, 7) is 0. The first-order valence-corrected chi connectivity index (χ1v) is 8.83. The first-order chi connectivity index (χ1) is 11.6. The minimum atomic E-state index is -0.854. The Morgan fingerprint density at radius 1 is 1.12 bits per heavy atom. The van der Waals surface area contributed by atoms with Crippen molar-refractivity contribution in [3.8, 4) is 0 Å². The van der Waals surface area contributed by atoms with Crippen molar-refractivity contribution in [2.24, 2.45) is 0 Å². The molecule has 0 radical (unpaired) electrons. The summed E-state index contributed by atoms with van der Waals surface area (Å²) in [4.78, 5) is 24.7. The van der Waals surface area contributed by atoms with Crippen LogP contribution in [0.2, 0.25) is 0 Å². The van der Waals surface area contributed by atoms with E-state index in [0.29, 0.717) is 12.8 Å². The van der Waals surface area contributed by atoms with Crippen molar-refractivity contribution in [2.45, 2.75) is 35.4 Å². The summed E-state index contributed by atoms with van der Waals surface area (Å²) in [5.74, 6) is -0.886. The number of thioether (sulfide) groups is 1. The van der Waals surface area contributed by atoms with Crippen LogP contribution in [0.5, 0.6) is 0 Å². The SMILES string of the molecule is O=C(O)CCC(NC(=O)C1Cc2ccccc2S1)c1ccccc1. The lowest BCUT2D eigenvalue weighted by Gasteiger charge is -2.20. The van der Waals surface area contributed by atoms with Gasteiger partial charge in [-0.15, -0.1) is 11.8 Å². The number of carbonyl (C=O) groups excluding carboxylic acids is 1. The molecule has 5 heteroatoms. The van der Waals surface area contributed by atoms with Crippen LogP contribution in [0.25, 0.3) is 0 Å². The highest BCUT2D eigenvalue weighted by Crippen LogP contribution is 2.37. The third-order valence-corrected chi connectivity index (χ3v) is 5.42. The number of aliphatic carboxylic acids is 1. The number of hydrogen-bond acceptors (Lipinski definition) is 3. The molecule has 0 aromatic heterocycles. The van der Waals surface area contributed by atoms with E-state index >= 15 is 0 Å². The van der Waals surface area contributed by atoms with Gasteiger partial charge in [-0.2, -0.15) is 0 Å². The number of carbonyl (C=O) groups is 2. The number of nitrogens with one attached hydrogen (secondary N) is 1. The zero-order valence-electron chi connectivity index (χ0n) is 13.1.